The molecular weight excluding hydrogens is 154 g/mol. The summed E-state index contributed by atoms with van der Waals surface area (Å²) in [5.74, 6) is 0.257. The summed E-state index contributed by atoms with van der Waals surface area (Å²) in [6.07, 6.45) is 1.47. The van der Waals surface area contributed by atoms with E-state index < -0.39 is 12.0 Å². The van der Waals surface area contributed by atoms with E-state index >= 15 is 0 Å². The van der Waals surface area contributed by atoms with Gasteiger partial charge in [-0.25, -0.2) is 0 Å². The molecule has 0 saturated carbocycles. The van der Waals surface area contributed by atoms with Gasteiger partial charge >= 0.3 is 5.97 Å². The molecule has 0 spiro atoms. The summed E-state index contributed by atoms with van der Waals surface area (Å²) in [5.41, 5.74) is 5.37. The number of rotatable bonds is 5. The fourth-order valence-electron chi connectivity index (χ4n) is 0.899. The Balaban J connectivity index is 3.61. The Bertz CT molecular complexity index is 145. The molecule has 0 rings (SSSR count). The molecule has 12 heavy (non-hydrogen) atoms. The lowest BCUT2D eigenvalue weighted by atomic mass is 9.92. The van der Waals surface area contributed by atoms with Gasteiger partial charge in [0.1, 0.15) is 6.04 Å². The lowest BCUT2D eigenvalue weighted by Crippen LogP contribution is -2.30. The van der Waals surface area contributed by atoms with Crippen molar-refractivity contribution in [2.75, 3.05) is 0 Å². The number of hydrogen-bond acceptors (Lipinski definition) is 2. The van der Waals surface area contributed by atoms with Gasteiger partial charge in [-0.15, -0.1) is 0 Å². The van der Waals surface area contributed by atoms with Gasteiger partial charge in [0.05, 0.1) is 0 Å². The molecule has 0 bridgehead atoms. The molecule has 0 aromatic heterocycles. The standard InChI is InChI=1S/C9H19NO2/c1-6(2)7(3)4-5-8(10)9(11)12/h6-8H,4-5,10H2,1-3H3,(H,11,12)/t7-,8+/m1/s1. The van der Waals surface area contributed by atoms with Crippen LogP contribution in [0.1, 0.15) is 33.6 Å². The Morgan fingerprint density at radius 1 is 1.33 bits per heavy atom. The quantitative estimate of drug-likeness (QED) is 0.661. The van der Waals surface area contributed by atoms with Crippen LogP contribution in [0, 0.1) is 11.8 Å². The lowest BCUT2D eigenvalue weighted by molar-refractivity contribution is -0.138. The first-order valence-electron chi connectivity index (χ1n) is 4.43. The molecule has 0 unspecified atom stereocenters. The molecule has 0 aliphatic heterocycles. The molecule has 0 aliphatic rings. The SMILES string of the molecule is CC(C)[C@H](C)CC[C@H](N)C(=O)O. The summed E-state index contributed by atoms with van der Waals surface area (Å²) in [5, 5.41) is 8.51. The lowest BCUT2D eigenvalue weighted by Gasteiger charge is -2.16. The highest BCUT2D eigenvalue weighted by Gasteiger charge is 2.14. The Morgan fingerprint density at radius 3 is 2.17 bits per heavy atom. The van der Waals surface area contributed by atoms with E-state index in [-0.39, 0.29) is 0 Å². The van der Waals surface area contributed by atoms with Gasteiger partial charge in [-0.3, -0.25) is 4.79 Å². The summed E-state index contributed by atoms with van der Waals surface area (Å²) < 4.78 is 0. The monoisotopic (exact) mass is 173 g/mol. The molecule has 2 atom stereocenters. The molecule has 0 heterocycles. The molecule has 0 saturated heterocycles. The third-order valence-electron chi connectivity index (χ3n) is 2.39. The summed E-state index contributed by atoms with van der Waals surface area (Å²) in [7, 11) is 0. The Hall–Kier alpha value is -0.570. The van der Waals surface area contributed by atoms with Crippen molar-refractivity contribution in [1.82, 2.24) is 0 Å². The van der Waals surface area contributed by atoms with Gasteiger partial charge in [0.15, 0.2) is 0 Å². The predicted octanol–water partition coefficient (Wildman–Crippen LogP) is 1.47. The fourth-order valence-corrected chi connectivity index (χ4v) is 0.899. The summed E-state index contributed by atoms with van der Waals surface area (Å²) in [6.45, 7) is 6.40. The molecule has 0 radical (unpaired) electrons. The van der Waals surface area contributed by atoms with Crippen molar-refractivity contribution < 1.29 is 9.90 Å². The minimum Gasteiger partial charge on any atom is -0.480 e. The van der Waals surface area contributed by atoms with Crippen LogP contribution >= 0.6 is 0 Å². The third-order valence-corrected chi connectivity index (χ3v) is 2.39. The van der Waals surface area contributed by atoms with Crippen LogP contribution in [0.2, 0.25) is 0 Å². The van der Waals surface area contributed by atoms with Gasteiger partial charge in [0, 0.05) is 0 Å². The molecule has 0 aromatic carbocycles. The molecule has 0 amide bonds. The van der Waals surface area contributed by atoms with Crippen LogP contribution in [0.25, 0.3) is 0 Å². The zero-order chi connectivity index (χ0) is 9.72. The molecular formula is C9H19NO2. The van der Waals surface area contributed by atoms with Gasteiger partial charge in [0.2, 0.25) is 0 Å². The molecule has 72 valence electrons. The molecule has 3 heteroatoms. The van der Waals surface area contributed by atoms with Gasteiger partial charge in [0.25, 0.3) is 0 Å². The van der Waals surface area contributed by atoms with Gasteiger partial charge in [-0.05, 0) is 24.7 Å². The van der Waals surface area contributed by atoms with E-state index in [9.17, 15) is 4.79 Å². The van der Waals surface area contributed by atoms with Crippen molar-refractivity contribution in [3.05, 3.63) is 0 Å². The van der Waals surface area contributed by atoms with Crippen molar-refractivity contribution in [3.63, 3.8) is 0 Å². The minimum atomic E-state index is -0.897. The molecule has 0 aliphatic carbocycles. The predicted molar refractivity (Wildman–Crippen MR) is 48.8 cm³/mol. The Morgan fingerprint density at radius 2 is 1.83 bits per heavy atom. The van der Waals surface area contributed by atoms with Crippen LogP contribution in [0.4, 0.5) is 0 Å². The van der Waals surface area contributed by atoms with Gasteiger partial charge in [-0.1, -0.05) is 20.8 Å². The van der Waals surface area contributed by atoms with Crippen LogP contribution in [-0.4, -0.2) is 17.1 Å². The highest BCUT2D eigenvalue weighted by Crippen LogP contribution is 2.16. The number of aliphatic carboxylic acids is 1. The maximum atomic E-state index is 10.4. The normalized spacial score (nSPS) is 16.1. The minimum absolute atomic E-state index is 0.551. The largest absolute Gasteiger partial charge is 0.480 e. The van der Waals surface area contributed by atoms with Crippen LogP contribution in [-0.2, 0) is 4.79 Å². The van der Waals surface area contributed by atoms with Crippen LogP contribution < -0.4 is 5.73 Å². The summed E-state index contributed by atoms with van der Waals surface area (Å²) in [4.78, 5) is 10.4. The number of carboxylic acid groups (broad SMARTS) is 1. The maximum Gasteiger partial charge on any atom is 0.320 e. The fraction of sp³-hybridized carbons (Fsp3) is 0.889. The van der Waals surface area contributed by atoms with Gasteiger partial charge in [-0.2, -0.15) is 0 Å². The van der Waals surface area contributed by atoms with E-state index in [1.165, 1.54) is 0 Å². The Labute approximate surface area is 74.0 Å². The van der Waals surface area contributed by atoms with Crippen LogP contribution in [0.3, 0.4) is 0 Å². The smallest absolute Gasteiger partial charge is 0.320 e. The number of hydrogen-bond donors (Lipinski definition) is 2. The molecule has 3 nitrogen and oxygen atoms in total. The van der Waals surface area contributed by atoms with Crippen molar-refractivity contribution in [1.29, 1.82) is 0 Å². The van der Waals surface area contributed by atoms with Crippen molar-refractivity contribution in [2.24, 2.45) is 17.6 Å². The van der Waals surface area contributed by atoms with E-state index in [0.717, 1.165) is 6.42 Å². The highest BCUT2D eigenvalue weighted by molar-refractivity contribution is 5.72. The second-order valence-corrected chi connectivity index (χ2v) is 3.74. The molecule has 3 N–H and O–H groups in total. The Kier molecular flexibility index (Phi) is 4.90. The molecule has 0 aromatic rings. The van der Waals surface area contributed by atoms with E-state index in [1.807, 2.05) is 0 Å². The average Bonchev–Trinajstić information content (AvgIpc) is 1.98. The first kappa shape index (κ1) is 11.4. The second-order valence-electron chi connectivity index (χ2n) is 3.74. The summed E-state index contributed by atoms with van der Waals surface area (Å²) in [6, 6.07) is -0.689. The van der Waals surface area contributed by atoms with Crippen molar-refractivity contribution in [2.45, 2.75) is 39.7 Å². The van der Waals surface area contributed by atoms with E-state index in [4.69, 9.17) is 10.8 Å². The number of carbonyl (C=O) groups is 1. The number of nitrogens with two attached hydrogens (primary N) is 1. The average molecular weight is 173 g/mol. The van der Waals surface area contributed by atoms with Crippen molar-refractivity contribution in [3.8, 4) is 0 Å². The zero-order valence-electron chi connectivity index (χ0n) is 8.08. The van der Waals surface area contributed by atoms with E-state index in [1.54, 1.807) is 0 Å². The first-order valence-corrected chi connectivity index (χ1v) is 4.43. The summed E-state index contributed by atoms with van der Waals surface area (Å²) >= 11 is 0. The van der Waals surface area contributed by atoms with Crippen LogP contribution in [0.5, 0.6) is 0 Å². The van der Waals surface area contributed by atoms with Crippen molar-refractivity contribution >= 4 is 5.97 Å². The number of carboxylic acids is 1. The van der Waals surface area contributed by atoms with E-state index in [2.05, 4.69) is 20.8 Å². The van der Waals surface area contributed by atoms with E-state index in [0.29, 0.717) is 18.3 Å². The molecule has 0 fully saturated rings. The second kappa shape index (κ2) is 5.14. The topological polar surface area (TPSA) is 63.3 Å². The van der Waals surface area contributed by atoms with Gasteiger partial charge < -0.3 is 10.8 Å². The highest BCUT2D eigenvalue weighted by atomic mass is 16.4. The maximum absolute atomic E-state index is 10.4. The van der Waals surface area contributed by atoms with Crippen LogP contribution in [0.15, 0.2) is 0 Å². The zero-order valence-corrected chi connectivity index (χ0v) is 8.08. The first-order chi connectivity index (χ1) is 5.45. The third kappa shape index (κ3) is 4.34.